The minimum atomic E-state index is -1.10. The maximum atomic E-state index is 12.4. The second-order valence-electron chi connectivity index (χ2n) is 8.93. The number of rotatable bonds is 3. The summed E-state index contributed by atoms with van der Waals surface area (Å²) in [6.45, 7) is 6.12. The molecule has 0 bridgehead atoms. The summed E-state index contributed by atoms with van der Waals surface area (Å²) in [7, 11) is 0. The summed E-state index contributed by atoms with van der Waals surface area (Å²) in [5.74, 6) is 0.691. The molecule has 5 rings (SSSR count). The number of benzene rings is 4. The standard InChI is InChI=1S/C20H14O4.C10H14O/c21-15-9-5-13(6-10-15)20(14-7-11-16(22)12-8-14)18-4-2-1-3-17(18)19(23)24-20;1-7(2)9-5-4-8(3)6-10(9)11/h1-12,21-22H;4-7,11H,1-3H3. The number of hydrogen-bond donors (Lipinski definition) is 3. The predicted molar refractivity (Wildman–Crippen MR) is 135 cm³/mol. The van der Waals surface area contributed by atoms with Crippen molar-refractivity contribution in [1.29, 1.82) is 0 Å². The molecule has 0 spiro atoms. The van der Waals surface area contributed by atoms with Crippen LogP contribution in [0, 0.1) is 6.92 Å². The van der Waals surface area contributed by atoms with Gasteiger partial charge in [0.05, 0.1) is 5.56 Å². The van der Waals surface area contributed by atoms with E-state index in [9.17, 15) is 20.1 Å². The molecule has 0 unspecified atom stereocenters. The minimum absolute atomic E-state index is 0.136. The molecule has 0 aliphatic carbocycles. The van der Waals surface area contributed by atoms with Gasteiger partial charge in [-0.25, -0.2) is 4.79 Å². The molecular weight excluding hydrogens is 440 g/mol. The van der Waals surface area contributed by atoms with E-state index in [0.29, 0.717) is 17.2 Å². The lowest BCUT2D eigenvalue weighted by Gasteiger charge is -2.30. The Morgan fingerprint density at radius 3 is 1.80 bits per heavy atom. The van der Waals surface area contributed by atoms with Crippen LogP contribution >= 0.6 is 0 Å². The summed E-state index contributed by atoms with van der Waals surface area (Å²) in [6.07, 6.45) is 0. The van der Waals surface area contributed by atoms with Gasteiger partial charge in [-0.3, -0.25) is 0 Å². The van der Waals surface area contributed by atoms with E-state index in [1.54, 1.807) is 66.7 Å². The highest BCUT2D eigenvalue weighted by Crippen LogP contribution is 2.47. The van der Waals surface area contributed by atoms with E-state index in [1.165, 1.54) is 0 Å². The number of cyclic esters (lactones) is 1. The number of phenolic OH excluding ortho intramolecular Hbond substituents is 3. The van der Waals surface area contributed by atoms with Crippen LogP contribution in [-0.2, 0) is 10.3 Å². The molecule has 1 heterocycles. The zero-order valence-corrected chi connectivity index (χ0v) is 19.9. The van der Waals surface area contributed by atoms with Gasteiger partial charge < -0.3 is 20.1 Å². The quantitative estimate of drug-likeness (QED) is 0.304. The Morgan fingerprint density at radius 1 is 0.743 bits per heavy atom. The van der Waals surface area contributed by atoms with Gasteiger partial charge in [0.2, 0.25) is 0 Å². The molecule has 35 heavy (non-hydrogen) atoms. The molecule has 4 aromatic rings. The molecule has 178 valence electrons. The van der Waals surface area contributed by atoms with Crippen molar-refractivity contribution >= 4 is 5.97 Å². The van der Waals surface area contributed by atoms with Crippen LogP contribution in [-0.4, -0.2) is 21.3 Å². The molecule has 0 atom stereocenters. The zero-order chi connectivity index (χ0) is 25.2. The molecule has 1 aliphatic heterocycles. The lowest BCUT2D eigenvalue weighted by atomic mass is 9.80. The minimum Gasteiger partial charge on any atom is -0.508 e. The van der Waals surface area contributed by atoms with Crippen LogP contribution in [0.4, 0.5) is 0 Å². The summed E-state index contributed by atoms with van der Waals surface area (Å²) < 4.78 is 5.87. The second kappa shape index (κ2) is 9.55. The van der Waals surface area contributed by atoms with E-state index in [1.807, 2.05) is 31.2 Å². The topological polar surface area (TPSA) is 87.0 Å². The van der Waals surface area contributed by atoms with Crippen molar-refractivity contribution in [3.05, 3.63) is 124 Å². The van der Waals surface area contributed by atoms with Crippen LogP contribution in [0.2, 0.25) is 0 Å². The maximum absolute atomic E-state index is 12.4. The van der Waals surface area contributed by atoms with Gasteiger partial charge in [-0.1, -0.05) is 68.4 Å². The molecule has 3 N–H and O–H groups in total. The van der Waals surface area contributed by atoms with Gasteiger partial charge in [0.1, 0.15) is 17.2 Å². The van der Waals surface area contributed by atoms with E-state index >= 15 is 0 Å². The number of hydrogen-bond acceptors (Lipinski definition) is 5. The van der Waals surface area contributed by atoms with Gasteiger partial charge in [-0.15, -0.1) is 0 Å². The summed E-state index contributed by atoms with van der Waals surface area (Å²) in [5.41, 5.74) is 3.73. The molecule has 0 amide bonds. The Morgan fingerprint density at radius 2 is 1.29 bits per heavy atom. The van der Waals surface area contributed by atoms with Crippen LogP contribution in [0.3, 0.4) is 0 Å². The summed E-state index contributed by atoms with van der Waals surface area (Å²) in [5, 5.41) is 28.7. The van der Waals surface area contributed by atoms with Crippen molar-refractivity contribution < 1.29 is 24.9 Å². The molecule has 0 fully saturated rings. The SMILES string of the molecule is Cc1ccc(C(C)C)c(O)c1.O=C1OC(c2ccc(O)cc2)(c2ccc(O)cc2)c2ccccc21. The van der Waals surface area contributed by atoms with Crippen LogP contribution in [0.5, 0.6) is 17.2 Å². The number of ether oxygens (including phenoxy) is 1. The van der Waals surface area contributed by atoms with Crippen molar-refractivity contribution in [3.8, 4) is 17.2 Å². The van der Waals surface area contributed by atoms with Gasteiger partial charge in [-0.2, -0.15) is 0 Å². The fourth-order valence-corrected chi connectivity index (χ4v) is 4.35. The number of carbonyl (C=O) groups excluding carboxylic acids is 1. The molecule has 4 aromatic carbocycles. The average molecular weight is 469 g/mol. The molecular formula is C30H28O5. The van der Waals surface area contributed by atoms with Crippen molar-refractivity contribution in [2.75, 3.05) is 0 Å². The average Bonchev–Trinajstić information content (AvgIpc) is 3.14. The Hall–Kier alpha value is -4.25. The first-order valence-electron chi connectivity index (χ1n) is 11.4. The summed E-state index contributed by atoms with van der Waals surface area (Å²) in [6, 6.07) is 26.2. The van der Waals surface area contributed by atoms with Crippen molar-refractivity contribution in [3.63, 3.8) is 0 Å². The van der Waals surface area contributed by atoms with Gasteiger partial charge in [0.25, 0.3) is 0 Å². The van der Waals surface area contributed by atoms with E-state index in [4.69, 9.17) is 4.74 Å². The van der Waals surface area contributed by atoms with Crippen molar-refractivity contribution in [1.82, 2.24) is 0 Å². The third-order valence-electron chi connectivity index (χ3n) is 6.13. The van der Waals surface area contributed by atoms with E-state index in [0.717, 1.165) is 27.8 Å². The number of aromatic hydroxyl groups is 3. The lowest BCUT2D eigenvalue weighted by Crippen LogP contribution is -2.29. The molecule has 5 heteroatoms. The third kappa shape index (κ3) is 4.58. The number of esters is 1. The predicted octanol–water partition coefficient (Wildman–Crippen LogP) is 6.38. The first kappa shape index (κ1) is 23.9. The number of carbonyl (C=O) groups is 1. The Labute approximate surface area is 204 Å². The molecule has 0 saturated carbocycles. The molecule has 0 aromatic heterocycles. The van der Waals surface area contributed by atoms with Gasteiger partial charge in [0.15, 0.2) is 5.60 Å². The number of aryl methyl sites for hydroxylation is 1. The van der Waals surface area contributed by atoms with E-state index in [2.05, 4.69) is 13.8 Å². The summed E-state index contributed by atoms with van der Waals surface area (Å²) in [4.78, 5) is 12.4. The van der Waals surface area contributed by atoms with Crippen LogP contribution in [0.15, 0.2) is 91.0 Å². The first-order chi connectivity index (χ1) is 16.7. The van der Waals surface area contributed by atoms with Gasteiger partial charge in [-0.05, 0) is 60.4 Å². The highest BCUT2D eigenvalue weighted by atomic mass is 16.6. The molecule has 0 saturated heterocycles. The van der Waals surface area contributed by atoms with Crippen molar-refractivity contribution in [2.24, 2.45) is 0 Å². The van der Waals surface area contributed by atoms with Crippen molar-refractivity contribution in [2.45, 2.75) is 32.3 Å². The monoisotopic (exact) mass is 468 g/mol. The zero-order valence-electron chi connectivity index (χ0n) is 19.9. The number of fused-ring (bicyclic) bond motifs is 1. The number of phenols is 3. The van der Waals surface area contributed by atoms with Gasteiger partial charge in [0, 0.05) is 16.7 Å². The third-order valence-corrected chi connectivity index (χ3v) is 6.13. The summed E-state index contributed by atoms with van der Waals surface area (Å²) >= 11 is 0. The Bertz CT molecular complexity index is 1290. The van der Waals surface area contributed by atoms with Crippen LogP contribution in [0.1, 0.15) is 57.9 Å². The van der Waals surface area contributed by atoms with E-state index < -0.39 is 11.6 Å². The van der Waals surface area contributed by atoms with Crippen LogP contribution in [0.25, 0.3) is 0 Å². The molecule has 1 aliphatic rings. The first-order valence-corrected chi connectivity index (χ1v) is 11.4. The fourth-order valence-electron chi connectivity index (χ4n) is 4.35. The van der Waals surface area contributed by atoms with Gasteiger partial charge >= 0.3 is 5.97 Å². The highest BCUT2D eigenvalue weighted by Gasteiger charge is 2.48. The Kier molecular flexibility index (Phi) is 6.52. The molecule has 0 radical (unpaired) electrons. The van der Waals surface area contributed by atoms with Crippen LogP contribution < -0.4 is 0 Å². The maximum Gasteiger partial charge on any atom is 0.340 e. The van der Waals surface area contributed by atoms with E-state index in [-0.39, 0.29) is 11.5 Å². The Balaban J connectivity index is 0.000000221. The lowest BCUT2D eigenvalue weighted by molar-refractivity contribution is 0.0251. The highest BCUT2D eigenvalue weighted by molar-refractivity contribution is 5.96. The largest absolute Gasteiger partial charge is 0.508 e. The fraction of sp³-hybridized carbons (Fsp3) is 0.167. The smallest absolute Gasteiger partial charge is 0.340 e. The normalized spacial score (nSPS) is 13.5. The second-order valence-corrected chi connectivity index (χ2v) is 8.93. The molecule has 5 nitrogen and oxygen atoms in total.